The van der Waals surface area contributed by atoms with Crippen molar-refractivity contribution in [1.82, 2.24) is 0 Å². The zero-order chi connectivity index (χ0) is 34.2. The highest BCUT2D eigenvalue weighted by Crippen LogP contribution is 2.33. The molecule has 6 N–H and O–H groups in total. The van der Waals surface area contributed by atoms with E-state index < -0.39 is 46.4 Å². The quantitative estimate of drug-likeness (QED) is 0.0854. The molecule has 5 aromatic rings. The van der Waals surface area contributed by atoms with E-state index in [1.54, 1.807) is 48.5 Å². The highest BCUT2D eigenvalue weighted by molar-refractivity contribution is 6.11. The summed E-state index contributed by atoms with van der Waals surface area (Å²) in [6.07, 6.45) is 0. The average Bonchev–Trinajstić information content (AvgIpc) is 3.08. The van der Waals surface area contributed by atoms with Gasteiger partial charge in [0.1, 0.15) is 47.3 Å². The third-order valence-electron chi connectivity index (χ3n) is 7.02. The molecule has 0 spiro atoms. The van der Waals surface area contributed by atoms with E-state index in [4.69, 9.17) is 9.47 Å². The van der Waals surface area contributed by atoms with Crippen molar-refractivity contribution in [2.75, 3.05) is 10.6 Å². The number of ether oxygens (including phenoxy) is 2. The topological polar surface area (TPSA) is 192 Å². The minimum atomic E-state index is -1.40. The second-order valence-corrected chi connectivity index (χ2v) is 10.4. The molecular formula is C36H28N2O10. The molecule has 0 aliphatic carbocycles. The maximum Gasteiger partial charge on any atom is 0.339 e. The molecule has 0 atom stereocenters. The van der Waals surface area contributed by atoms with Crippen molar-refractivity contribution in [3.8, 4) is 23.0 Å². The van der Waals surface area contributed by atoms with Crippen molar-refractivity contribution in [1.29, 1.82) is 0 Å². The first kappa shape index (κ1) is 32.6. The third kappa shape index (κ3) is 7.87. The Morgan fingerprint density at radius 1 is 0.500 bits per heavy atom. The van der Waals surface area contributed by atoms with E-state index in [1.807, 2.05) is 12.1 Å². The summed E-state index contributed by atoms with van der Waals surface area (Å²) in [5.41, 5.74) is 0.684. The molecule has 12 heteroatoms. The summed E-state index contributed by atoms with van der Waals surface area (Å²) < 4.78 is 12.1. The van der Waals surface area contributed by atoms with E-state index in [2.05, 4.69) is 10.6 Å². The van der Waals surface area contributed by atoms with Crippen LogP contribution in [-0.4, -0.2) is 44.2 Å². The molecule has 0 aromatic heterocycles. The molecular weight excluding hydrogens is 620 g/mol. The van der Waals surface area contributed by atoms with Gasteiger partial charge in [-0.3, -0.25) is 9.59 Å². The number of amides is 2. The molecule has 5 aromatic carbocycles. The van der Waals surface area contributed by atoms with Gasteiger partial charge in [-0.25, -0.2) is 9.59 Å². The predicted molar refractivity (Wildman–Crippen MR) is 174 cm³/mol. The second-order valence-electron chi connectivity index (χ2n) is 10.4. The monoisotopic (exact) mass is 648 g/mol. The minimum Gasteiger partial charge on any atom is -0.507 e. The number of aromatic carboxylic acids is 2. The average molecular weight is 649 g/mol. The summed E-state index contributed by atoms with van der Waals surface area (Å²) in [6.45, 7) is 0.0173. The Morgan fingerprint density at radius 3 is 1.23 bits per heavy atom. The summed E-state index contributed by atoms with van der Waals surface area (Å²) in [7, 11) is 0. The molecule has 0 saturated heterocycles. The van der Waals surface area contributed by atoms with Crippen LogP contribution in [0.4, 0.5) is 11.4 Å². The van der Waals surface area contributed by atoms with E-state index in [0.29, 0.717) is 0 Å². The van der Waals surface area contributed by atoms with Crippen molar-refractivity contribution in [3.05, 3.63) is 143 Å². The second kappa shape index (κ2) is 14.5. The van der Waals surface area contributed by atoms with Gasteiger partial charge in [-0.1, -0.05) is 60.7 Å². The number of anilines is 2. The lowest BCUT2D eigenvalue weighted by Gasteiger charge is -2.18. The molecule has 0 bridgehead atoms. The highest BCUT2D eigenvalue weighted by Gasteiger charge is 2.24. The Labute approximate surface area is 273 Å². The lowest BCUT2D eigenvalue weighted by Crippen LogP contribution is -2.18. The van der Waals surface area contributed by atoms with Crippen LogP contribution >= 0.6 is 0 Å². The molecule has 0 unspecified atom stereocenters. The van der Waals surface area contributed by atoms with Gasteiger partial charge in [0, 0.05) is 11.4 Å². The number of carboxylic acids is 2. The van der Waals surface area contributed by atoms with Crippen molar-refractivity contribution in [3.63, 3.8) is 0 Å². The fourth-order valence-electron chi connectivity index (χ4n) is 4.59. The van der Waals surface area contributed by atoms with Crippen LogP contribution in [0.3, 0.4) is 0 Å². The zero-order valence-corrected chi connectivity index (χ0v) is 25.0. The van der Waals surface area contributed by atoms with Gasteiger partial charge in [-0.2, -0.15) is 0 Å². The minimum absolute atomic E-state index is 0.00863. The van der Waals surface area contributed by atoms with Gasteiger partial charge in [0.2, 0.25) is 0 Å². The first-order chi connectivity index (χ1) is 23.1. The van der Waals surface area contributed by atoms with Crippen molar-refractivity contribution >= 4 is 35.1 Å². The number of phenols is 2. The number of hydrogen-bond donors (Lipinski definition) is 6. The maximum atomic E-state index is 13.7. The first-order valence-corrected chi connectivity index (χ1v) is 14.4. The van der Waals surface area contributed by atoms with Crippen LogP contribution in [0.1, 0.15) is 52.6 Å². The number of carbonyl (C=O) groups excluding carboxylic acids is 2. The van der Waals surface area contributed by atoms with E-state index in [1.165, 1.54) is 24.3 Å². The van der Waals surface area contributed by atoms with Crippen LogP contribution in [0.2, 0.25) is 0 Å². The maximum absolute atomic E-state index is 13.7. The number of rotatable bonds is 12. The largest absolute Gasteiger partial charge is 0.507 e. The third-order valence-corrected chi connectivity index (χ3v) is 7.02. The fraction of sp³-hybridized carbons (Fsp3) is 0.0556. The SMILES string of the molecule is O=C(O)c1cc(NC(=O)c2cc(OCc3ccccc3)c(C(=O)Nc3ccc(O)c(C(=O)O)c3)cc2OCc2ccccc2)ccc1O. The molecule has 0 saturated carbocycles. The summed E-state index contributed by atoms with van der Waals surface area (Å²) in [4.78, 5) is 50.5. The van der Waals surface area contributed by atoms with E-state index in [0.717, 1.165) is 35.4 Å². The Balaban J connectivity index is 1.56. The van der Waals surface area contributed by atoms with Crippen molar-refractivity contribution < 1.29 is 49.1 Å². The van der Waals surface area contributed by atoms with Crippen molar-refractivity contribution in [2.24, 2.45) is 0 Å². The summed E-state index contributed by atoms with van der Waals surface area (Å²) in [6, 6.07) is 27.8. The van der Waals surface area contributed by atoms with Gasteiger partial charge in [-0.05, 0) is 59.7 Å². The van der Waals surface area contributed by atoms with Crippen LogP contribution < -0.4 is 20.1 Å². The highest BCUT2D eigenvalue weighted by atomic mass is 16.5. The number of nitrogens with one attached hydrogen (secondary N) is 2. The zero-order valence-electron chi connectivity index (χ0n) is 25.0. The first-order valence-electron chi connectivity index (χ1n) is 14.4. The summed E-state index contributed by atoms with van der Waals surface area (Å²) in [5, 5.41) is 43.8. The van der Waals surface area contributed by atoms with Gasteiger partial charge in [0.05, 0.1) is 11.1 Å². The summed E-state index contributed by atoms with van der Waals surface area (Å²) in [5.74, 6) is -5.28. The molecule has 5 rings (SSSR count). The molecule has 242 valence electrons. The van der Waals surface area contributed by atoms with Crippen LogP contribution in [0.5, 0.6) is 23.0 Å². The molecule has 0 aliphatic rings. The Morgan fingerprint density at radius 2 is 0.875 bits per heavy atom. The van der Waals surface area contributed by atoms with Crippen LogP contribution in [-0.2, 0) is 13.2 Å². The van der Waals surface area contributed by atoms with Gasteiger partial charge in [-0.15, -0.1) is 0 Å². The van der Waals surface area contributed by atoms with Gasteiger partial charge >= 0.3 is 11.9 Å². The smallest absolute Gasteiger partial charge is 0.339 e. The molecule has 12 nitrogen and oxygen atoms in total. The van der Waals surface area contributed by atoms with Crippen molar-refractivity contribution in [2.45, 2.75) is 13.2 Å². The van der Waals surface area contributed by atoms with Gasteiger partial charge in [0.15, 0.2) is 0 Å². The van der Waals surface area contributed by atoms with Crippen LogP contribution in [0, 0.1) is 0 Å². The fourth-order valence-corrected chi connectivity index (χ4v) is 4.59. The number of hydrogen-bond acceptors (Lipinski definition) is 8. The summed E-state index contributed by atoms with van der Waals surface area (Å²) >= 11 is 0. The number of aromatic hydroxyl groups is 2. The lowest BCUT2D eigenvalue weighted by molar-refractivity contribution is 0.0682. The molecule has 0 aliphatic heterocycles. The molecule has 0 radical (unpaired) electrons. The lowest BCUT2D eigenvalue weighted by atomic mass is 10.1. The number of carbonyl (C=O) groups is 4. The number of benzene rings is 5. The van der Waals surface area contributed by atoms with Crippen LogP contribution in [0.15, 0.2) is 109 Å². The van der Waals surface area contributed by atoms with E-state index in [9.17, 15) is 39.6 Å². The Hall–Kier alpha value is -6.82. The Kier molecular flexibility index (Phi) is 9.85. The van der Waals surface area contributed by atoms with E-state index in [-0.39, 0.29) is 47.2 Å². The predicted octanol–water partition coefficient (Wildman–Crippen LogP) is 6.16. The van der Waals surface area contributed by atoms with Gasteiger partial charge < -0.3 is 40.5 Å². The standard InChI is InChI=1S/C36H28N2O10/c39-29-13-11-23(15-25(29)35(43)44)37-33(41)27-18-32(48-20-22-9-5-2-6-10-22)28(17-31(27)47-19-21-7-3-1-4-8-21)34(42)38-24-12-14-30(40)26(16-24)36(45)46/h1-18,39-40H,19-20H2,(H,37,41)(H,38,42)(H,43,44)(H,45,46). The molecule has 48 heavy (non-hydrogen) atoms. The van der Waals surface area contributed by atoms with Crippen LogP contribution in [0.25, 0.3) is 0 Å². The molecule has 2 amide bonds. The van der Waals surface area contributed by atoms with E-state index >= 15 is 0 Å². The number of carboxylic acid groups (broad SMARTS) is 2. The normalized spacial score (nSPS) is 10.5. The van der Waals surface area contributed by atoms with Gasteiger partial charge in [0.25, 0.3) is 11.8 Å². The Bertz CT molecular complexity index is 1850. The molecule has 0 heterocycles. The molecule has 0 fully saturated rings.